The Morgan fingerprint density at radius 1 is 1.04 bits per heavy atom. The molecule has 0 aliphatic carbocycles. The van der Waals surface area contributed by atoms with Crippen LogP contribution in [0.2, 0.25) is 5.02 Å². The van der Waals surface area contributed by atoms with E-state index in [1.165, 1.54) is 0 Å². The second kappa shape index (κ2) is 7.91. The highest BCUT2D eigenvalue weighted by Crippen LogP contribution is 2.26. The van der Waals surface area contributed by atoms with Gasteiger partial charge in [0.15, 0.2) is 0 Å². The van der Waals surface area contributed by atoms with Gasteiger partial charge >= 0.3 is 0 Å². The Balaban J connectivity index is 1.49. The van der Waals surface area contributed by atoms with Crippen LogP contribution >= 0.6 is 11.6 Å². The third kappa shape index (κ3) is 4.02. The Bertz CT molecular complexity index is 929. The molecule has 0 bridgehead atoms. The van der Waals surface area contributed by atoms with E-state index in [0.29, 0.717) is 30.3 Å². The molecular formula is C22H19ClN2O2. The van der Waals surface area contributed by atoms with E-state index in [0.717, 1.165) is 16.8 Å². The van der Waals surface area contributed by atoms with E-state index in [2.05, 4.69) is 4.98 Å². The summed E-state index contributed by atoms with van der Waals surface area (Å²) in [4.78, 5) is 19.1. The lowest BCUT2D eigenvalue weighted by Gasteiger charge is -2.32. The number of carbonyl (C=O) groups is 1. The van der Waals surface area contributed by atoms with Crippen LogP contribution in [0.25, 0.3) is 11.1 Å². The third-order valence-electron chi connectivity index (χ3n) is 4.65. The van der Waals surface area contributed by atoms with Crippen LogP contribution in [0.3, 0.4) is 0 Å². The Labute approximate surface area is 163 Å². The summed E-state index contributed by atoms with van der Waals surface area (Å²) in [6.07, 6.45) is 1.60. The lowest BCUT2D eigenvalue weighted by Crippen LogP contribution is -2.42. The number of rotatable bonds is 3. The lowest BCUT2D eigenvalue weighted by atomic mass is 10.1. The van der Waals surface area contributed by atoms with E-state index < -0.39 is 0 Å². The molecule has 1 aromatic heterocycles. The van der Waals surface area contributed by atoms with Crippen molar-refractivity contribution in [2.45, 2.75) is 6.10 Å². The lowest BCUT2D eigenvalue weighted by molar-refractivity contribution is -0.0247. The fourth-order valence-corrected chi connectivity index (χ4v) is 3.40. The number of morpholine rings is 1. The van der Waals surface area contributed by atoms with Gasteiger partial charge in [-0.05, 0) is 35.9 Å². The van der Waals surface area contributed by atoms with Crippen molar-refractivity contribution in [3.8, 4) is 11.1 Å². The van der Waals surface area contributed by atoms with Crippen LogP contribution in [0, 0.1) is 0 Å². The molecule has 0 spiro atoms. The van der Waals surface area contributed by atoms with E-state index in [1.54, 1.807) is 0 Å². The van der Waals surface area contributed by atoms with Gasteiger partial charge in [-0.3, -0.25) is 9.78 Å². The first-order chi connectivity index (χ1) is 13.2. The highest BCUT2D eigenvalue weighted by atomic mass is 35.5. The Hall–Kier alpha value is -2.69. The van der Waals surface area contributed by atoms with Crippen molar-refractivity contribution < 1.29 is 9.53 Å². The van der Waals surface area contributed by atoms with Crippen LogP contribution < -0.4 is 0 Å². The molecule has 0 radical (unpaired) electrons. The Morgan fingerprint density at radius 3 is 2.63 bits per heavy atom. The minimum absolute atomic E-state index is 0.0273. The fraction of sp³-hybridized carbons (Fsp3) is 0.182. The second-order valence-corrected chi connectivity index (χ2v) is 6.90. The van der Waals surface area contributed by atoms with Crippen LogP contribution in [0.1, 0.15) is 22.2 Å². The zero-order valence-electron chi connectivity index (χ0n) is 14.7. The molecule has 1 amide bonds. The molecule has 1 saturated heterocycles. The molecule has 27 heavy (non-hydrogen) atoms. The summed E-state index contributed by atoms with van der Waals surface area (Å²) < 4.78 is 5.87. The van der Waals surface area contributed by atoms with Crippen molar-refractivity contribution in [2.24, 2.45) is 0 Å². The van der Waals surface area contributed by atoms with Crippen molar-refractivity contribution in [3.63, 3.8) is 0 Å². The highest BCUT2D eigenvalue weighted by molar-refractivity contribution is 6.30. The van der Waals surface area contributed by atoms with Crippen LogP contribution in [0.5, 0.6) is 0 Å². The molecule has 1 aliphatic heterocycles. The maximum atomic E-state index is 12.7. The molecule has 3 aromatic rings. The molecule has 5 heteroatoms. The number of nitrogens with zero attached hydrogens (tertiary/aromatic N) is 2. The first kappa shape index (κ1) is 17.7. The van der Waals surface area contributed by atoms with E-state index in [4.69, 9.17) is 16.3 Å². The van der Waals surface area contributed by atoms with Gasteiger partial charge in [-0.25, -0.2) is 0 Å². The molecule has 1 aliphatic rings. The number of halogens is 1. The molecule has 1 atom stereocenters. The van der Waals surface area contributed by atoms with Crippen molar-refractivity contribution in [3.05, 3.63) is 89.2 Å². The topological polar surface area (TPSA) is 42.4 Å². The summed E-state index contributed by atoms with van der Waals surface area (Å²) in [6.45, 7) is 1.59. The largest absolute Gasteiger partial charge is 0.368 e. The van der Waals surface area contributed by atoms with Gasteiger partial charge in [0.2, 0.25) is 0 Å². The van der Waals surface area contributed by atoms with Gasteiger partial charge < -0.3 is 9.64 Å². The minimum Gasteiger partial charge on any atom is -0.368 e. The van der Waals surface area contributed by atoms with E-state index in [1.807, 2.05) is 77.8 Å². The van der Waals surface area contributed by atoms with E-state index >= 15 is 0 Å². The van der Waals surface area contributed by atoms with Crippen molar-refractivity contribution in [1.29, 1.82) is 0 Å². The van der Waals surface area contributed by atoms with Crippen LogP contribution in [-0.4, -0.2) is 35.5 Å². The summed E-state index contributed by atoms with van der Waals surface area (Å²) in [7, 11) is 0. The highest BCUT2D eigenvalue weighted by Gasteiger charge is 2.26. The van der Waals surface area contributed by atoms with Crippen molar-refractivity contribution >= 4 is 17.5 Å². The molecule has 1 fully saturated rings. The smallest absolute Gasteiger partial charge is 0.254 e. The molecule has 2 heterocycles. The maximum absolute atomic E-state index is 12.7. The van der Waals surface area contributed by atoms with E-state index in [-0.39, 0.29) is 12.0 Å². The molecule has 4 nitrogen and oxygen atoms in total. The van der Waals surface area contributed by atoms with Gasteiger partial charge in [-0.1, -0.05) is 48.0 Å². The van der Waals surface area contributed by atoms with E-state index in [9.17, 15) is 4.79 Å². The van der Waals surface area contributed by atoms with Crippen LogP contribution in [-0.2, 0) is 4.74 Å². The quantitative estimate of drug-likeness (QED) is 0.668. The average Bonchev–Trinajstić information content (AvgIpc) is 2.74. The predicted molar refractivity (Wildman–Crippen MR) is 106 cm³/mol. The Morgan fingerprint density at radius 2 is 1.89 bits per heavy atom. The fourth-order valence-electron chi connectivity index (χ4n) is 3.21. The molecule has 0 saturated carbocycles. The number of ether oxygens (including phenoxy) is 1. The summed E-state index contributed by atoms with van der Waals surface area (Å²) >= 11 is 6.07. The van der Waals surface area contributed by atoms with Gasteiger partial charge in [0.1, 0.15) is 6.10 Å². The molecule has 0 unspecified atom stereocenters. The first-order valence-electron chi connectivity index (χ1n) is 8.88. The van der Waals surface area contributed by atoms with Gasteiger partial charge in [0.05, 0.1) is 18.8 Å². The zero-order valence-corrected chi connectivity index (χ0v) is 15.5. The summed E-state index contributed by atoms with van der Waals surface area (Å²) in [5, 5.41) is 0.697. The molecule has 4 rings (SSSR count). The van der Waals surface area contributed by atoms with Gasteiger partial charge in [0.25, 0.3) is 5.91 Å². The molecule has 2 aromatic carbocycles. The maximum Gasteiger partial charge on any atom is 0.254 e. The zero-order chi connectivity index (χ0) is 18.6. The monoisotopic (exact) mass is 378 g/mol. The van der Waals surface area contributed by atoms with Gasteiger partial charge in [-0.15, -0.1) is 0 Å². The van der Waals surface area contributed by atoms with Crippen molar-refractivity contribution in [1.82, 2.24) is 9.88 Å². The molecule has 136 valence electrons. The number of hydrogen-bond donors (Lipinski definition) is 0. The second-order valence-electron chi connectivity index (χ2n) is 6.46. The summed E-state index contributed by atoms with van der Waals surface area (Å²) in [5.41, 5.74) is 3.54. The van der Waals surface area contributed by atoms with Crippen molar-refractivity contribution in [2.75, 3.05) is 19.7 Å². The number of carbonyl (C=O) groups excluding carboxylic acids is 1. The summed E-state index contributed by atoms with van der Waals surface area (Å²) in [5.74, 6) is 0.0273. The van der Waals surface area contributed by atoms with Gasteiger partial charge in [-0.2, -0.15) is 0 Å². The minimum atomic E-state index is -0.222. The Kier molecular flexibility index (Phi) is 5.19. The molecular weight excluding hydrogens is 360 g/mol. The normalized spacial score (nSPS) is 16.9. The number of amides is 1. The first-order valence-corrected chi connectivity index (χ1v) is 9.26. The predicted octanol–water partition coefficient (Wildman–Crippen LogP) is 4.62. The SMILES string of the molecule is O=C(c1ccccc1)N1CCO[C@@H](c2ccc(-c3cccc(Cl)c3)cn2)C1. The van der Waals surface area contributed by atoms with Crippen LogP contribution in [0.4, 0.5) is 0 Å². The number of benzene rings is 2. The number of aromatic nitrogens is 1. The summed E-state index contributed by atoms with van der Waals surface area (Å²) in [6, 6.07) is 21.0. The molecule has 0 N–H and O–H groups in total. The van der Waals surface area contributed by atoms with Gasteiger partial charge in [0, 0.05) is 28.9 Å². The van der Waals surface area contributed by atoms with Crippen LogP contribution in [0.15, 0.2) is 72.9 Å². The number of hydrogen-bond acceptors (Lipinski definition) is 3. The average molecular weight is 379 g/mol. The third-order valence-corrected chi connectivity index (χ3v) is 4.88. The standard InChI is InChI=1S/C22H19ClN2O2/c23-19-8-4-7-17(13-19)18-9-10-20(24-14-18)21-15-25(11-12-27-21)22(26)16-5-2-1-3-6-16/h1-10,13-14,21H,11-12,15H2/t21-/m1/s1. The number of pyridine rings is 1.